The summed E-state index contributed by atoms with van der Waals surface area (Å²) in [6, 6.07) is 19.3. The number of benzene rings is 3. The Morgan fingerprint density at radius 3 is 2.36 bits per heavy atom. The highest BCUT2D eigenvalue weighted by Crippen LogP contribution is 2.44. The number of hydrogen-bond acceptors (Lipinski definition) is 8. The van der Waals surface area contributed by atoms with Crippen molar-refractivity contribution in [2.24, 2.45) is 0 Å². The third kappa shape index (κ3) is 3.89. The van der Waals surface area contributed by atoms with E-state index < -0.39 is 23.7 Å². The van der Waals surface area contributed by atoms with Gasteiger partial charge in [0.2, 0.25) is 0 Å². The smallest absolute Gasteiger partial charge is 0.337 e. The Hall–Kier alpha value is -4.50. The average Bonchev–Trinajstić information content (AvgIpc) is 3.45. The molecular weight excluding hydrogens is 480 g/mol. The number of ketones is 1. The molecule has 1 atom stereocenters. The van der Waals surface area contributed by atoms with Crippen LogP contribution in [0.5, 0.6) is 5.75 Å². The highest BCUT2D eigenvalue weighted by atomic mass is 32.1. The Kier molecular flexibility index (Phi) is 5.99. The van der Waals surface area contributed by atoms with Crippen LogP contribution in [0.3, 0.4) is 0 Å². The second-order valence-corrected chi connectivity index (χ2v) is 8.99. The number of esters is 1. The molecule has 4 aromatic rings. The summed E-state index contributed by atoms with van der Waals surface area (Å²) in [5, 5.41) is 11.5. The minimum absolute atomic E-state index is 0.0612. The molecule has 0 bridgehead atoms. The maximum atomic E-state index is 13.4. The van der Waals surface area contributed by atoms with Crippen molar-refractivity contribution in [1.82, 2.24) is 4.98 Å². The normalized spacial score (nSPS) is 16.9. The average molecular weight is 501 g/mol. The molecule has 1 saturated heterocycles. The van der Waals surface area contributed by atoms with Crippen LogP contribution >= 0.6 is 11.3 Å². The van der Waals surface area contributed by atoms with Gasteiger partial charge >= 0.3 is 11.9 Å². The zero-order chi connectivity index (χ0) is 25.4. The molecule has 2 heterocycles. The molecule has 5 rings (SSSR count). The van der Waals surface area contributed by atoms with Gasteiger partial charge in [-0.15, -0.1) is 0 Å². The van der Waals surface area contributed by atoms with Crippen LogP contribution in [0.2, 0.25) is 0 Å². The first-order valence-electron chi connectivity index (χ1n) is 10.9. The van der Waals surface area contributed by atoms with Gasteiger partial charge in [0.1, 0.15) is 11.5 Å². The second-order valence-electron chi connectivity index (χ2n) is 7.98. The van der Waals surface area contributed by atoms with Gasteiger partial charge in [-0.3, -0.25) is 14.5 Å². The molecule has 1 unspecified atom stereocenters. The number of amides is 1. The summed E-state index contributed by atoms with van der Waals surface area (Å²) in [5.41, 5.74) is 1.82. The molecule has 180 valence electrons. The van der Waals surface area contributed by atoms with E-state index in [9.17, 15) is 19.5 Å². The van der Waals surface area contributed by atoms with Crippen molar-refractivity contribution in [3.8, 4) is 5.75 Å². The summed E-state index contributed by atoms with van der Waals surface area (Å²) >= 11 is 1.23. The quantitative estimate of drug-likeness (QED) is 0.183. The molecule has 0 aliphatic carbocycles. The third-order valence-electron chi connectivity index (χ3n) is 5.93. The Morgan fingerprint density at radius 1 is 0.972 bits per heavy atom. The van der Waals surface area contributed by atoms with Crippen molar-refractivity contribution >= 4 is 50.1 Å². The molecule has 0 spiro atoms. The molecule has 1 aliphatic heterocycles. The van der Waals surface area contributed by atoms with E-state index in [4.69, 9.17) is 9.47 Å². The van der Waals surface area contributed by atoms with E-state index in [0.717, 1.165) is 4.70 Å². The summed E-state index contributed by atoms with van der Waals surface area (Å²) in [4.78, 5) is 44.5. The lowest BCUT2D eigenvalue weighted by atomic mass is 9.95. The first kappa shape index (κ1) is 23.3. The fraction of sp³-hybridized carbons (Fsp3) is 0.111. The fourth-order valence-electron chi connectivity index (χ4n) is 4.14. The number of carbonyl (C=O) groups is 3. The monoisotopic (exact) mass is 500 g/mol. The molecular formula is C27H20N2O6S. The predicted octanol–water partition coefficient (Wildman–Crippen LogP) is 4.72. The molecule has 1 fully saturated rings. The van der Waals surface area contributed by atoms with Crippen molar-refractivity contribution in [1.29, 1.82) is 0 Å². The van der Waals surface area contributed by atoms with Gasteiger partial charge in [0, 0.05) is 5.56 Å². The van der Waals surface area contributed by atoms with Crippen LogP contribution in [0.4, 0.5) is 5.13 Å². The van der Waals surface area contributed by atoms with Crippen LogP contribution in [0.15, 0.2) is 78.4 Å². The first-order chi connectivity index (χ1) is 17.4. The number of aliphatic hydroxyl groups is 1. The number of anilines is 1. The minimum Gasteiger partial charge on any atom is -0.507 e. The number of Topliss-reactive ketones (excluding diaryl/α,β-unsaturated/α-hetero) is 1. The minimum atomic E-state index is -0.959. The number of hydrogen-bond donors (Lipinski definition) is 1. The number of fused-ring (bicyclic) bond motifs is 1. The van der Waals surface area contributed by atoms with Gasteiger partial charge in [0.15, 0.2) is 5.13 Å². The first-order valence-corrected chi connectivity index (χ1v) is 11.7. The van der Waals surface area contributed by atoms with E-state index in [1.807, 2.05) is 0 Å². The maximum absolute atomic E-state index is 13.4. The summed E-state index contributed by atoms with van der Waals surface area (Å²) in [6.07, 6.45) is 0. The Morgan fingerprint density at radius 2 is 1.69 bits per heavy atom. The lowest BCUT2D eigenvalue weighted by Crippen LogP contribution is -2.29. The van der Waals surface area contributed by atoms with E-state index in [1.54, 1.807) is 79.9 Å². The predicted molar refractivity (Wildman–Crippen MR) is 135 cm³/mol. The number of nitrogens with zero attached hydrogens (tertiary/aromatic N) is 2. The van der Waals surface area contributed by atoms with Crippen LogP contribution in [0.1, 0.15) is 27.5 Å². The van der Waals surface area contributed by atoms with E-state index >= 15 is 0 Å². The summed E-state index contributed by atoms with van der Waals surface area (Å²) in [6.45, 7) is 0. The molecule has 1 N–H and O–H groups in total. The molecule has 0 saturated carbocycles. The maximum Gasteiger partial charge on any atom is 0.337 e. The van der Waals surface area contributed by atoms with Crippen LogP contribution in [0.25, 0.3) is 16.0 Å². The number of thiazole rings is 1. The molecule has 36 heavy (non-hydrogen) atoms. The number of carbonyl (C=O) groups excluding carboxylic acids is 3. The summed E-state index contributed by atoms with van der Waals surface area (Å²) in [5.74, 6) is -1.80. The van der Waals surface area contributed by atoms with E-state index in [1.165, 1.54) is 23.3 Å². The second kappa shape index (κ2) is 9.27. The zero-order valence-electron chi connectivity index (χ0n) is 19.3. The number of rotatable bonds is 5. The van der Waals surface area contributed by atoms with Crippen molar-refractivity contribution in [3.05, 3.63) is 95.1 Å². The Bertz CT molecular complexity index is 1530. The van der Waals surface area contributed by atoms with Crippen LogP contribution < -0.4 is 9.64 Å². The topological polar surface area (TPSA) is 106 Å². The number of ether oxygens (including phenoxy) is 2. The van der Waals surface area contributed by atoms with E-state index in [-0.39, 0.29) is 11.3 Å². The molecule has 1 aromatic heterocycles. The van der Waals surface area contributed by atoms with Crippen LogP contribution in [-0.2, 0) is 14.3 Å². The molecule has 3 aromatic carbocycles. The fourth-order valence-corrected chi connectivity index (χ4v) is 5.16. The highest BCUT2D eigenvalue weighted by Gasteiger charge is 2.48. The van der Waals surface area contributed by atoms with Gasteiger partial charge < -0.3 is 14.6 Å². The zero-order valence-corrected chi connectivity index (χ0v) is 20.1. The van der Waals surface area contributed by atoms with Gasteiger partial charge in [-0.05, 0) is 35.9 Å². The number of aromatic nitrogens is 1. The SMILES string of the molecule is COC(=O)c1ccc(C2/C(=C(\O)c3ccccc3)C(=O)C(=O)N2c2nc3ccc(OC)cc3s2)cc1. The van der Waals surface area contributed by atoms with E-state index in [2.05, 4.69) is 4.98 Å². The lowest BCUT2D eigenvalue weighted by Gasteiger charge is -2.23. The Balaban J connectivity index is 1.70. The van der Waals surface area contributed by atoms with Gasteiger partial charge in [-0.2, -0.15) is 0 Å². The summed E-state index contributed by atoms with van der Waals surface area (Å²) < 4.78 is 10.8. The van der Waals surface area contributed by atoms with Crippen molar-refractivity contribution in [2.75, 3.05) is 19.1 Å². The third-order valence-corrected chi connectivity index (χ3v) is 6.95. The van der Waals surface area contributed by atoms with Gasteiger partial charge in [0.05, 0.1) is 41.6 Å². The van der Waals surface area contributed by atoms with Crippen LogP contribution in [-0.4, -0.2) is 42.0 Å². The van der Waals surface area contributed by atoms with Gasteiger partial charge in [-0.1, -0.05) is 53.8 Å². The Labute approximate surface area is 210 Å². The standard InChI is InChI=1S/C27H20N2O6S/c1-34-18-12-13-19-20(14-18)36-27(28-19)29-22(15-8-10-17(11-9-15)26(33)35-2)21(24(31)25(29)32)23(30)16-6-4-3-5-7-16/h3-14,22,30H,1-2H3/b23-21+. The van der Waals surface area contributed by atoms with E-state index in [0.29, 0.717) is 33.1 Å². The largest absolute Gasteiger partial charge is 0.507 e. The summed E-state index contributed by atoms with van der Waals surface area (Å²) in [7, 11) is 2.84. The molecule has 1 aliphatic rings. The van der Waals surface area contributed by atoms with Gasteiger partial charge in [0.25, 0.3) is 5.78 Å². The molecule has 9 heteroatoms. The van der Waals surface area contributed by atoms with Gasteiger partial charge in [-0.25, -0.2) is 9.78 Å². The van der Waals surface area contributed by atoms with Crippen molar-refractivity contribution in [3.63, 3.8) is 0 Å². The number of aliphatic hydroxyl groups excluding tert-OH is 1. The molecule has 8 nitrogen and oxygen atoms in total. The van der Waals surface area contributed by atoms with Crippen LogP contribution in [0, 0.1) is 0 Å². The molecule has 0 radical (unpaired) electrons. The van der Waals surface area contributed by atoms with Crippen molar-refractivity contribution < 1.29 is 29.0 Å². The van der Waals surface area contributed by atoms with Crippen molar-refractivity contribution in [2.45, 2.75) is 6.04 Å². The highest BCUT2D eigenvalue weighted by molar-refractivity contribution is 7.22. The number of methoxy groups -OCH3 is 2. The molecule has 1 amide bonds. The lowest BCUT2D eigenvalue weighted by molar-refractivity contribution is -0.132.